The second-order valence-corrected chi connectivity index (χ2v) is 5.48. The molecule has 1 atom stereocenters. The molecule has 104 valence electrons. The van der Waals surface area contributed by atoms with Crippen LogP contribution in [0.4, 0.5) is 0 Å². The number of halogens is 1. The summed E-state index contributed by atoms with van der Waals surface area (Å²) >= 11 is 3.55. The van der Waals surface area contributed by atoms with E-state index in [1.165, 1.54) is 0 Å². The lowest BCUT2D eigenvalue weighted by atomic mass is 9.95. The lowest BCUT2D eigenvalue weighted by molar-refractivity contribution is -0.0118. The van der Waals surface area contributed by atoms with Gasteiger partial charge in [0.15, 0.2) is 0 Å². The predicted molar refractivity (Wildman–Crippen MR) is 74.7 cm³/mol. The quantitative estimate of drug-likeness (QED) is 0.835. The van der Waals surface area contributed by atoms with Gasteiger partial charge in [0.2, 0.25) is 0 Å². The van der Waals surface area contributed by atoms with Crippen molar-refractivity contribution in [2.75, 3.05) is 27.9 Å². The van der Waals surface area contributed by atoms with Gasteiger partial charge in [-0.2, -0.15) is 5.10 Å². The van der Waals surface area contributed by atoms with Crippen LogP contribution in [0.3, 0.4) is 0 Å². The molecule has 6 heteroatoms. The summed E-state index contributed by atoms with van der Waals surface area (Å²) in [6, 6.07) is 0.0382. The van der Waals surface area contributed by atoms with Crippen molar-refractivity contribution in [2.24, 2.45) is 0 Å². The molecule has 5 nitrogen and oxygen atoms in total. The van der Waals surface area contributed by atoms with Crippen LogP contribution in [0.5, 0.6) is 0 Å². The van der Waals surface area contributed by atoms with Crippen LogP contribution in [-0.2, 0) is 16.0 Å². The first-order chi connectivity index (χ1) is 8.47. The van der Waals surface area contributed by atoms with E-state index in [1.54, 1.807) is 20.4 Å². The van der Waals surface area contributed by atoms with Gasteiger partial charge in [-0.05, 0) is 36.8 Å². The summed E-state index contributed by atoms with van der Waals surface area (Å²) in [4.78, 5) is 0. The fraction of sp³-hybridized carbons (Fsp3) is 0.750. The maximum absolute atomic E-state index is 5.57. The highest BCUT2D eigenvalue weighted by Crippen LogP contribution is 2.32. The Labute approximate surface area is 117 Å². The highest BCUT2D eigenvalue weighted by molar-refractivity contribution is 9.10. The first-order valence-corrected chi connectivity index (χ1v) is 6.69. The Morgan fingerprint density at radius 3 is 2.67 bits per heavy atom. The third-order valence-corrected chi connectivity index (χ3v) is 3.73. The molecule has 0 radical (unpaired) electrons. The number of likely N-dealkylation sites (N-methyl/N-ethyl adjacent to an activating group) is 1. The third-order valence-electron chi connectivity index (χ3n) is 3.12. The van der Waals surface area contributed by atoms with Gasteiger partial charge in [0.1, 0.15) is 0 Å². The van der Waals surface area contributed by atoms with E-state index in [1.807, 2.05) is 25.6 Å². The van der Waals surface area contributed by atoms with Crippen LogP contribution in [0.2, 0.25) is 0 Å². The van der Waals surface area contributed by atoms with Crippen molar-refractivity contribution in [3.63, 3.8) is 0 Å². The first kappa shape index (κ1) is 15.6. The zero-order valence-corrected chi connectivity index (χ0v) is 13.2. The van der Waals surface area contributed by atoms with Crippen LogP contribution >= 0.6 is 15.9 Å². The Bertz CT molecular complexity index is 379. The van der Waals surface area contributed by atoms with Crippen molar-refractivity contribution in [3.8, 4) is 0 Å². The number of nitrogens with zero attached hydrogens (tertiary/aromatic N) is 2. The van der Waals surface area contributed by atoms with E-state index in [-0.39, 0.29) is 11.6 Å². The number of hydrogen-bond donors (Lipinski definition) is 1. The van der Waals surface area contributed by atoms with Gasteiger partial charge in [-0.15, -0.1) is 0 Å². The summed E-state index contributed by atoms with van der Waals surface area (Å²) in [5.74, 6) is 0. The Hall–Kier alpha value is -0.430. The summed E-state index contributed by atoms with van der Waals surface area (Å²) in [5, 5.41) is 7.66. The van der Waals surface area contributed by atoms with Crippen LogP contribution in [-0.4, -0.2) is 43.3 Å². The minimum Gasteiger partial charge on any atom is -0.383 e. The van der Waals surface area contributed by atoms with Gasteiger partial charge >= 0.3 is 0 Å². The van der Waals surface area contributed by atoms with E-state index < -0.39 is 0 Å². The fourth-order valence-corrected chi connectivity index (χ4v) is 2.47. The summed E-state index contributed by atoms with van der Waals surface area (Å²) in [5.41, 5.74) is 0.740. The maximum atomic E-state index is 5.57. The van der Waals surface area contributed by atoms with Gasteiger partial charge in [0.25, 0.3) is 0 Å². The molecule has 0 aliphatic rings. The van der Waals surface area contributed by atoms with E-state index in [0.717, 1.165) is 16.7 Å². The molecule has 0 saturated heterocycles. The molecule has 0 bridgehead atoms. The molecule has 0 aromatic carbocycles. The molecule has 0 aliphatic carbocycles. The van der Waals surface area contributed by atoms with E-state index in [0.29, 0.717) is 6.61 Å². The molecule has 1 unspecified atom stereocenters. The molecule has 0 aliphatic heterocycles. The number of hydrogen-bond acceptors (Lipinski definition) is 4. The minimum absolute atomic E-state index is 0.0382. The molecule has 1 rings (SSSR count). The molecule has 0 spiro atoms. The summed E-state index contributed by atoms with van der Waals surface area (Å²) < 4.78 is 13.6. The molecule has 0 saturated carbocycles. The summed E-state index contributed by atoms with van der Waals surface area (Å²) in [6.07, 6.45) is 1.81. The van der Waals surface area contributed by atoms with E-state index in [2.05, 4.69) is 26.3 Å². The van der Waals surface area contributed by atoms with Crippen molar-refractivity contribution < 1.29 is 9.47 Å². The monoisotopic (exact) mass is 319 g/mol. The molecule has 1 heterocycles. The zero-order valence-electron chi connectivity index (χ0n) is 11.7. The maximum Gasteiger partial charge on any atom is 0.0832 e. The predicted octanol–water partition coefficient (Wildman–Crippen LogP) is 1.98. The smallest absolute Gasteiger partial charge is 0.0832 e. The topological polar surface area (TPSA) is 48.3 Å². The average Bonchev–Trinajstić information content (AvgIpc) is 2.69. The van der Waals surface area contributed by atoms with Crippen molar-refractivity contribution in [2.45, 2.75) is 32.0 Å². The van der Waals surface area contributed by atoms with Crippen LogP contribution in [0.15, 0.2) is 10.7 Å². The van der Waals surface area contributed by atoms with Crippen molar-refractivity contribution in [1.82, 2.24) is 15.1 Å². The molecule has 18 heavy (non-hydrogen) atoms. The molecule has 0 amide bonds. The van der Waals surface area contributed by atoms with Gasteiger partial charge in [-0.25, -0.2) is 0 Å². The summed E-state index contributed by atoms with van der Waals surface area (Å²) in [6.45, 7) is 5.45. The lowest BCUT2D eigenvalue weighted by Crippen LogP contribution is -2.40. The number of ether oxygens (including phenoxy) is 2. The largest absolute Gasteiger partial charge is 0.383 e. The van der Waals surface area contributed by atoms with Gasteiger partial charge < -0.3 is 14.8 Å². The van der Waals surface area contributed by atoms with Crippen LogP contribution in [0.25, 0.3) is 0 Å². The lowest BCUT2D eigenvalue weighted by Gasteiger charge is -2.33. The van der Waals surface area contributed by atoms with Gasteiger partial charge in [0.05, 0.1) is 41.2 Å². The highest BCUT2D eigenvalue weighted by atomic mass is 79.9. The number of nitrogens with one attached hydrogen (secondary N) is 1. The average molecular weight is 320 g/mol. The van der Waals surface area contributed by atoms with Gasteiger partial charge in [-0.1, -0.05) is 0 Å². The van der Waals surface area contributed by atoms with Crippen LogP contribution in [0.1, 0.15) is 25.6 Å². The van der Waals surface area contributed by atoms with Crippen molar-refractivity contribution in [1.29, 1.82) is 0 Å². The standard InChI is InChI=1S/C12H22BrN3O2/c1-12(2,18-5)11(14-3)10-9(13)8-15-16(10)6-7-17-4/h8,11,14H,6-7H2,1-5H3. The van der Waals surface area contributed by atoms with Crippen molar-refractivity contribution in [3.05, 3.63) is 16.4 Å². The first-order valence-electron chi connectivity index (χ1n) is 5.90. The Kier molecular flexibility index (Phi) is 5.78. The van der Waals surface area contributed by atoms with E-state index in [9.17, 15) is 0 Å². The SMILES string of the molecule is CNC(c1c(Br)cnn1CCOC)C(C)(C)OC. The molecule has 1 N–H and O–H groups in total. The van der Waals surface area contributed by atoms with E-state index >= 15 is 0 Å². The Morgan fingerprint density at radius 2 is 2.17 bits per heavy atom. The van der Waals surface area contributed by atoms with Gasteiger partial charge in [0, 0.05) is 14.2 Å². The normalized spacial score (nSPS) is 13.9. The third kappa shape index (κ3) is 3.32. The van der Waals surface area contributed by atoms with Crippen LogP contribution in [0, 0.1) is 0 Å². The molecule has 1 aromatic heterocycles. The molecule has 0 fully saturated rings. The van der Waals surface area contributed by atoms with Crippen molar-refractivity contribution >= 4 is 15.9 Å². The molecule has 1 aromatic rings. The minimum atomic E-state index is -0.331. The molecular formula is C12H22BrN3O2. The van der Waals surface area contributed by atoms with Crippen LogP contribution < -0.4 is 5.32 Å². The Balaban J connectivity index is 3.08. The Morgan fingerprint density at radius 1 is 1.50 bits per heavy atom. The highest BCUT2D eigenvalue weighted by Gasteiger charge is 2.33. The number of rotatable bonds is 7. The molecular weight excluding hydrogens is 298 g/mol. The zero-order chi connectivity index (χ0) is 13.8. The van der Waals surface area contributed by atoms with Gasteiger partial charge in [-0.3, -0.25) is 4.68 Å². The second-order valence-electron chi connectivity index (χ2n) is 4.62. The number of methoxy groups -OCH3 is 2. The number of aromatic nitrogens is 2. The van der Waals surface area contributed by atoms with E-state index in [4.69, 9.17) is 9.47 Å². The second kappa shape index (κ2) is 6.65. The summed E-state index contributed by atoms with van der Waals surface area (Å²) in [7, 11) is 5.33. The fourth-order valence-electron chi connectivity index (χ4n) is 1.95.